The van der Waals surface area contributed by atoms with Gasteiger partial charge in [0, 0.05) is 32.8 Å². The summed E-state index contributed by atoms with van der Waals surface area (Å²) in [5, 5.41) is 6.65. The van der Waals surface area contributed by atoms with Crippen molar-refractivity contribution in [2.75, 3.05) is 46.4 Å². The second-order valence-electron chi connectivity index (χ2n) is 5.75. The fraction of sp³-hybridized carbons (Fsp3) is 0.938. The molecule has 0 aromatic carbocycles. The zero-order valence-electron chi connectivity index (χ0n) is 15.3. The van der Waals surface area contributed by atoms with Crippen LogP contribution in [-0.2, 0) is 4.74 Å². The van der Waals surface area contributed by atoms with Gasteiger partial charge in [0.2, 0.25) is 0 Å². The van der Waals surface area contributed by atoms with Gasteiger partial charge in [-0.15, -0.1) is 24.0 Å². The van der Waals surface area contributed by atoms with Crippen molar-refractivity contribution in [1.82, 2.24) is 15.5 Å². The average molecular weight is 428 g/mol. The topological polar surface area (TPSA) is 48.9 Å². The van der Waals surface area contributed by atoms with Gasteiger partial charge in [-0.05, 0) is 32.4 Å². The minimum atomic E-state index is 0. The lowest BCUT2D eigenvalue weighted by Crippen LogP contribution is -2.46. The summed E-state index contributed by atoms with van der Waals surface area (Å²) in [5.74, 6) is 1.55. The SMILES string of the molecule is CCN(CC)C(C)CNC(=NC)NCCOCCC(C)C.I. The Morgan fingerprint density at radius 1 is 1.09 bits per heavy atom. The molecule has 0 aromatic rings. The molecule has 0 amide bonds. The summed E-state index contributed by atoms with van der Waals surface area (Å²) < 4.78 is 5.58. The van der Waals surface area contributed by atoms with Gasteiger partial charge in [0.15, 0.2) is 5.96 Å². The van der Waals surface area contributed by atoms with Gasteiger partial charge in [-0.3, -0.25) is 9.89 Å². The van der Waals surface area contributed by atoms with Crippen LogP contribution in [0.4, 0.5) is 0 Å². The maximum absolute atomic E-state index is 5.58. The van der Waals surface area contributed by atoms with Gasteiger partial charge in [-0.1, -0.05) is 27.7 Å². The van der Waals surface area contributed by atoms with E-state index < -0.39 is 0 Å². The lowest BCUT2D eigenvalue weighted by molar-refractivity contribution is 0.128. The molecule has 0 radical (unpaired) electrons. The summed E-state index contributed by atoms with van der Waals surface area (Å²) in [6, 6.07) is 0.501. The third-order valence-corrected chi connectivity index (χ3v) is 3.60. The highest BCUT2D eigenvalue weighted by Gasteiger charge is 2.10. The van der Waals surface area contributed by atoms with Gasteiger partial charge in [0.1, 0.15) is 0 Å². The number of guanidine groups is 1. The van der Waals surface area contributed by atoms with Crippen LogP contribution in [-0.4, -0.2) is 63.3 Å². The highest BCUT2D eigenvalue weighted by atomic mass is 127. The van der Waals surface area contributed by atoms with Crippen molar-refractivity contribution in [3.8, 4) is 0 Å². The number of halogens is 1. The number of likely N-dealkylation sites (N-methyl/N-ethyl adjacent to an activating group) is 1. The Labute approximate surface area is 154 Å². The molecule has 5 nitrogen and oxygen atoms in total. The zero-order chi connectivity index (χ0) is 16.1. The van der Waals surface area contributed by atoms with E-state index in [2.05, 4.69) is 55.1 Å². The van der Waals surface area contributed by atoms with E-state index in [1.165, 1.54) is 0 Å². The van der Waals surface area contributed by atoms with Crippen LogP contribution >= 0.6 is 24.0 Å². The highest BCUT2D eigenvalue weighted by molar-refractivity contribution is 14.0. The monoisotopic (exact) mass is 428 g/mol. The second-order valence-corrected chi connectivity index (χ2v) is 5.75. The molecule has 134 valence electrons. The lowest BCUT2D eigenvalue weighted by Gasteiger charge is -2.27. The predicted octanol–water partition coefficient (Wildman–Crippen LogP) is 2.56. The van der Waals surface area contributed by atoms with E-state index in [4.69, 9.17) is 4.74 Å². The fourth-order valence-corrected chi connectivity index (χ4v) is 2.10. The molecule has 0 fully saturated rings. The highest BCUT2D eigenvalue weighted by Crippen LogP contribution is 1.98. The molecule has 1 unspecified atom stereocenters. The van der Waals surface area contributed by atoms with E-state index in [9.17, 15) is 0 Å². The third-order valence-electron chi connectivity index (χ3n) is 3.60. The molecule has 1 atom stereocenters. The molecule has 0 aliphatic carbocycles. The maximum Gasteiger partial charge on any atom is 0.191 e. The Balaban J connectivity index is 0. The van der Waals surface area contributed by atoms with E-state index in [0.29, 0.717) is 12.0 Å². The molecule has 0 saturated heterocycles. The van der Waals surface area contributed by atoms with Crippen molar-refractivity contribution >= 4 is 29.9 Å². The normalized spacial score (nSPS) is 13.2. The van der Waals surface area contributed by atoms with Crippen molar-refractivity contribution in [2.24, 2.45) is 10.9 Å². The number of ether oxygens (including phenoxy) is 1. The molecule has 0 saturated carbocycles. The molecule has 0 bridgehead atoms. The Morgan fingerprint density at radius 3 is 2.23 bits per heavy atom. The van der Waals surface area contributed by atoms with Crippen molar-refractivity contribution < 1.29 is 4.74 Å². The molecule has 22 heavy (non-hydrogen) atoms. The first-order valence-electron chi connectivity index (χ1n) is 8.31. The van der Waals surface area contributed by atoms with E-state index in [1.54, 1.807) is 7.05 Å². The Morgan fingerprint density at radius 2 is 1.73 bits per heavy atom. The molecule has 0 aromatic heterocycles. The second kappa shape index (κ2) is 15.8. The Bertz CT molecular complexity index is 271. The third kappa shape index (κ3) is 12.5. The van der Waals surface area contributed by atoms with Crippen molar-refractivity contribution in [3.05, 3.63) is 0 Å². The zero-order valence-corrected chi connectivity index (χ0v) is 17.6. The molecular formula is C16H37IN4O. The van der Waals surface area contributed by atoms with E-state index >= 15 is 0 Å². The van der Waals surface area contributed by atoms with Crippen LogP contribution in [0.5, 0.6) is 0 Å². The van der Waals surface area contributed by atoms with E-state index in [1.807, 2.05) is 0 Å². The molecule has 6 heteroatoms. The average Bonchev–Trinajstić information content (AvgIpc) is 2.46. The molecule has 0 heterocycles. The van der Waals surface area contributed by atoms with Gasteiger partial charge in [0.25, 0.3) is 0 Å². The van der Waals surface area contributed by atoms with E-state index in [0.717, 1.165) is 51.8 Å². The minimum Gasteiger partial charge on any atom is -0.380 e. The molecule has 0 spiro atoms. The Hall–Kier alpha value is -0.0800. The number of hydrogen-bond donors (Lipinski definition) is 2. The summed E-state index contributed by atoms with van der Waals surface area (Å²) in [6.07, 6.45) is 1.12. The largest absolute Gasteiger partial charge is 0.380 e. The first-order chi connectivity index (χ1) is 10.0. The summed E-state index contributed by atoms with van der Waals surface area (Å²) in [7, 11) is 1.80. The van der Waals surface area contributed by atoms with Gasteiger partial charge in [-0.25, -0.2) is 0 Å². The smallest absolute Gasteiger partial charge is 0.191 e. The first-order valence-corrected chi connectivity index (χ1v) is 8.31. The standard InChI is InChI=1S/C16H36N4O.HI/c1-7-20(8-2)15(5)13-19-16(17-6)18-10-12-21-11-9-14(3)4;/h14-15H,7-13H2,1-6H3,(H2,17,18,19);1H. The molecule has 0 rings (SSSR count). The summed E-state index contributed by atoms with van der Waals surface area (Å²) >= 11 is 0. The number of aliphatic imine (C=N–C) groups is 1. The van der Waals surface area contributed by atoms with Gasteiger partial charge in [0.05, 0.1) is 6.61 Å². The molecular weight excluding hydrogens is 391 g/mol. The number of nitrogens with zero attached hydrogens (tertiary/aromatic N) is 2. The van der Waals surface area contributed by atoms with Crippen LogP contribution < -0.4 is 10.6 Å². The van der Waals surface area contributed by atoms with Crippen LogP contribution in [0.1, 0.15) is 41.0 Å². The molecule has 0 aliphatic heterocycles. The van der Waals surface area contributed by atoms with Crippen molar-refractivity contribution in [1.29, 1.82) is 0 Å². The Kier molecular flexibility index (Phi) is 17.4. The molecule has 2 N–H and O–H groups in total. The van der Waals surface area contributed by atoms with Crippen LogP contribution in [0.3, 0.4) is 0 Å². The number of nitrogens with one attached hydrogen (secondary N) is 2. The van der Waals surface area contributed by atoms with Gasteiger partial charge >= 0.3 is 0 Å². The number of hydrogen-bond acceptors (Lipinski definition) is 3. The van der Waals surface area contributed by atoms with E-state index in [-0.39, 0.29) is 24.0 Å². The summed E-state index contributed by atoms with van der Waals surface area (Å²) in [6.45, 7) is 16.5. The summed E-state index contributed by atoms with van der Waals surface area (Å²) in [4.78, 5) is 6.66. The lowest BCUT2D eigenvalue weighted by atomic mass is 10.1. The van der Waals surface area contributed by atoms with Crippen LogP contribution in [0.2, 0.25) is 0 Å². The summed E-state index contributed by atoms with van der Waals surface area (Å²) in [5.41, 5.74) is 0. The van der Waals surface area contributed by atoms with Gasteiger partial charge < -0.3 is 15.4 Å². The van der Waals surface area contributed by atoms with Crippen LogP contribution in [0, 0.1) is 5.92 Å². The minimum absolute atomic E-state index is 0. The maximum atomic E-state index is 5.58. The quantitative estimate of drug-likeness (QED) is 0.230. The van der Waals surface area contributed by atoms with Crippen LogP contribution in [0.25, 0.3) is 0 Å². The predicted molar refractivity (Wildman–Crippen MR) is 107 cm³/mol. The van der Waals surface area contributed by atoms with Crippen molar-refractivity contribution in [3.63, 3.8) is 0 Å². The van der Waals surface area contributed by atoms with Crippen LogP contribution in [0.15, 0.2) is 4.99 Å². The fourth-order valence-electron chi connectivity index (χ4n) is 2.10. The number of rotatable bonds is 11. The first kappa shape index (κ1) is 24.2. The van der Waals surface area contributed by atoms with Crippen molar-refractivity contribution in [2.45, 2.75) is 47.1 Å². The molecule has 0 aliphatic rings. The van der Waals surface area contributed by atoms with Gasteiger partial charge in [-0.2, -0.15) is 0 Å².